The summed E-state index contributed by atoms with van der Waals surface area (Å²) >= 11 is 0. The molecule has 0 saturated heterocycles. The van der Waals surface area contributed by atoms with E-state index in [0.29, 0.717) is 11.3 Å². The van der Waals surface area contributed by atoms with E-state index < -0.39 is 40.2 Å². The maximum atomic E-state index is 13.7. The topological polar surface area (TPSA) is 171 Å². The Morgan fingerprint density at radius 3 is 2.22 bits per heavy atom. The molecule has 3 aromatic rings. The van der Waals surface area contributed by atoms with Gasteiger partial charge in [-0.15, -0.1) is 0 Å². The second-order valence-corrected chi connectivity index (χ2v) is 13.6. The van der Waals surface area contributed by atoms with Gasteiger partial charge < -0.3 is 25.7 Å². The van der Waals surface area contributed by atoms with E-state index in [4.69, 9.17) is 9.94 Å². The molecule has 0 bridgehead atoms. The van der Waals surface area contributed by atoms with Gasteiger partial charge in [0.1, 0.15) is 12.6 Å². The number of aliphatic hydroxyl groups is 1. The number of oxime groups is 1. The van der Waals surface area contributed by atoms with Crippen molar-refractivity contribution in [1.82, 2.24) is 19.9 Å². The first-order valence-corrected chi connectivity index (χ1v) is 16.5. The minimum absolute atomic E-state index is 0.00683. The van der Waals surface area contributed by atoms with Crippen molar-refractivity contribution in [2.45, 2.75) is 63.8 Å². The lowest BCUT2D eigenvalue weighted by Gasteiger charge is -2.32. The number of amides is 2. The normalized spacial score (nSPS) is 13.9. The van der Waals surface area contributed by atoms with E-state index in [1.165, 1.54) is 34.8 Å². The minimum atomic E-state index is -4.06. The predicted molar refractivity (Wildman–Crippen MR) is 174 cm³/mol. The third kappa shape index (κ3) is 10.9. The van der Waals surface area contributed by atoms with Crippen LogP contribution < -0.4 is 10.6 Å². The number of carbonyl (C=O) groups excluding carboxylic acids is 2. The van der Waals surface area contributed by atoms with Gasteiger partial charge in [0.05, 0.1) is 28.9 Å². The number of aromatic nitrogens is 1. The molecule has 0 aliphatic carbocycles. The van der Waals surface area contributed by atoms with E-state index in [-0.39, 0.29) is 42.8 Å². The van der Waals surface area contributed by atoms with Crippen LogP contribution in [0.15, 0.2) is 89.0 Å². The average molecular weight is 654 g/mol. The number of benzene rings is 2. The van der Waals surface area contributed by atoms with Gasteiger partial charge in [0.2, 0.25) is 15.9 Å². The van der Waals surface area contributed by atoms with E-state index >= 15 is 0 Å². The van der Waals surface area contributed by atoms with Gasteiger partial charge >= 0.3 is 6.09 Å². The fraction of sp³-hybridized carbons (Fsp3) is 0.394. The zero-order valence-corrected chi connectivity index (χ0v) is 27.3. The molecule has 0 radical (unpaired) electrons. The Bertz CT molecular complexity index is 1520. The number of pyridine rings is 1. The van der Waals surface area contributed by atoms with Gasteiger partial charge in [0.15, 0.2) is 0 Å². The molecule has 0 aliphatic rings. The molecule has 0 unspecified atom stereocenters. The first-order valence-electron chi connectivity index (χ1n) is 15.0. The number of sulfonamides is 1. The van der Waals surface area contributed by atoms with Gasteiger partial charge in [-0.1, -0.05) is 81.4 Å². The SMILES string of the molecule is CC(C)CN(C[C@@H](O)[C@H](Cc1ccccc1)NC(=O)[C@H](NC(=O)OCc1ccccn1)C(C)C)S(=O)(=O)c1ccc(/C=N/O)cc1. The molecule has 0 fully saturated rings. The van der Waals surface area contributed by atoms with Gasteiger partial charge in [-0.3, -0.25) is 9.78 Å². The highest BCUT2D eigenvalue weighted by molar-refractivity contribution is 7.89. The van der Waals surface area contributed by atoms with Crippen molar-refractivity contribution in [3.05, 3.63) is 95.8 Å². The zero-order valence-electron chi connectivity index (χ0n) is 26.5. The lowest BCUT2D eigenvalue weighted by Crippen LogP contribution is -2.57. The van der Waals surface area contributed by atoms with Gasteiger partial charge in [-0.2, -0.15) is 4.31 Å². The Morgan fingerprint density at radius 2 is 1.63 bits per heavy atom. The number of nitrogens with one attached hydrogen (secondary N) is 2. The lowest BCUT2D eigenvalue weighted by atomic mass is 9.98. The quantitative estimate of drug-likeness (QED) is 0.103. The molecule has 12 nitrogen and oxygen atoms in total. The monoisotopic (exact) mass is 653 g/mol. The summed E-state index contributed by atoms with van der Waals surface area (Å²) in [5, 5.41) is 28.8. The summed E-state index contributed by atoms with van der Waals surface area (Å²) < 4.78 is 33.9. The Morgan fingerprint density at radius 1 is 0.957 bits per heavy atom. The van der Waals surface area contributed by atoms with Crippen LogP contribution in [0.25, 0.3) is 0 Å². The Kier molecular flexibility index (Phi) is 13.7. The minimum Gasteiger partial charge on any atom is -0.443 e. The highest BCUT2D eigenvalue weighted by Crippen LogP contribution is 2.20. The van der Waals surface area contributed by atoms with Crippen LogP contribution in [0.3, 0.4) is 0 Å². The van der Waals surface area contributed by atoms with E-state index in [9.17, 15) is 23.1 Å². The summed E-state index contributed by atoms with van der Waals surface area (Å²) in [5.41, 5.74) is 1.87. The summed E-state index contributed by atoms with van der Waals surface area (Å²) in [7, 11) is -4.06. The zero-order chi connectivity index (χ0) is 33.7. The fourth-order valence-electron chi connectivity index (χ4n) is 4.71. The molecule has 0 saturated carbocycles. The van der Waals surface area contributed by atoms with Gasteiger partial charge in [-0.25, -0.2) is 13.2 Å². The molecule has 248 valence electrons. The van der Waals surface area contributed by atoms with Crippen molar-refractivity contribution in [2.24, 2.45) is 17.0 Å². The number of hydrogen-bond donors (Lipinski definition) is 4. The Balaban J connectivity index is 1.82. The second kappa shape index (κ2) is 17.4. The average Bonchev–Trinajstić information content (AvgIpc) is 3.03. The van der Waals surface area contributed by atoms with Crippen LogP contribution in [0.2, 0.25) is 0 Å². The number of aliphatic hydroxyl groups excluding tert-OH is 1. The second-order valence-electron chi connectivity index (χ2n) is 11.7. The third-order valence-electron chi connectivity index (χ3n) is 7.07. The van der Waals surface area contributed by atoms with Crippen LogP contribution in [-0.4, -0.2) is 77.5 Å². The summed E-state index contributed by atoms with van der Waals surface area (Å²) in [6.07, 6.45) is 0.847. The summed E-state index contributed by atoms with van der Waals surface area (Å²) in [5.74, 6) is -0.964. The smallest absolute Gasteiger partial charge is 0.408 e. The molecular formula is C33H43N5O7S. The standard InChI is InChI=1S/C33H43N5O7S/c1-23(2)20-38(46(43,44)28-15-13-26(14-16-28)19-35-42)21-30(39)29(18-25-10-6-5-7-11-25)36-32(40)31(24(3)4)37-33(41)45-22-27-12-8-9-17-34-27/h5-17,19,23-24,29-31,39,42H,18,20-22H2,1-4H3,(H,36,40)(H,37,41)/b35-19+/t29-,30+,31+/m0/s1. The van der Waals surface area contributed by atoms with E-state index in [1.54, 1.807) is 38.2 Å². The molecule has 0 spiro atoms. The summed E-state index contributed by atoms with van der Waals surface area (Å²) in [6.45, 7) is 7.00. The molecular weight excluding hydrogens is 610 g/mol. The predicted octanol–water partition coefficient (Wildman–Crippen LogP) is 3.58. The number of rotatable bonds is 16. The third-order valence-corrected chi connectivity index (χ3v) is 8.92. The molecule has 46 heavy (non-hydrogen) atoms. The molecule has 3 atom stereocenters. The molecule has 13 heteroatoms. The van der Waals surface area contributed by atoms with Crippen LogP contribution in [0.4, 0.5) is 4.79 Å². The largest absolute Gasteiger partial charge is 0.443 e. The number of hydrogen-bond acceptors (Lipinski definition) is 9. The van der Waals surface area contributed by atoms with Crippen LogP contribution in [0.5, 0.6) is 0 Å². The van der Waals surface area contributed by atoms with Crippen molar-refractivity contribution >= 4 is 28.2 Å². The first-order chi connectivity index (χ1) is 21.9. The molecule has 2 aromatic carbocycles. The van der Waals surface area contributed by atoms with E-state index in [1.807, 2.05) is 44.2 Å². The maximum Gasteiger partial charge on any atom is 0.408 e. The molecule has 4 N–H and O–H groups in total. The van der Waals surface area contributed by atoms with Crippen LogP contribution in [0, 0.1) is 11.8 Å². The van der Waals surface area contributed by atoms with Crippen LogP contribution in [0.1, 0.15) is 44.5 Å². The Hall–Kier alpha value is -4.33. The van der Waals surface area contributed by atoms with Gasteiger partial charge in [-0.05, 0) is 53.6 Å². The van der Waals surface area contributed by atoms with Crippen LogP contribution in [-0.2, 0) is 32.6 Å². The number of alkyl carbamates (subject to hydrolysis) is 1. The molecule has 1 heterocycles. The van der Waals surface area contributed by atoms with Crippen LogP contribution >= 0.6 is 0 Å². The highest BCUT2D eigenvalue weighted by Gasteiger charge is 2.33. The summed E-state index contributed by atoms with van der Waals surface area (Å²) in [6, 6.07) is 18.3. The van der Waals surface area contributed by atoms with Crippen molar-refractivity contribution in [2.75, 3.05) is 13.1 Å². The molecule has 2 amide bonds. The van der Waals surface area contributed by atoms with Gasteiger partial charge in [0, 0.05) is 19.3 Å². The number of carbonyl (C=O) groups is 2. The highest BCUT2D eigenvalue weighted by atomic mass is 32.2. The fourth-order valence-corrected chi connectivity index (χ4v) is 6.33. The number of nitrogens with zero attached hydrogens (tertiary/aromatic N) is 3. The van der Waals surface area contributed by atoms with Crippen molar-refractivity contribution in [3.63, 3.8) is 0 Å². The molecule has 0 aliphatic heterocycles. The van der Waals surface area contributed by atoms with Crippen molar-refractivity contribution in [1.29, 1.82) is 0 Å². The van der Waals surface area contributed by atoms with E-state index in [0.717, 1.165) is 5.56 Å². The number of ether oxygens (including phenoxy) is 1. The van der Waals surface area contributed by atoms with Gasteiger partial charge in [0.25, 0.3) is 0 Å². The van der Waals surface area contributed by atoms with Crippen molar-refractivity contribution in [3.8, 4) is 0 Å². The van der Waals surface area contributed by atoms with E-state index in [2.05, 4.69) is 20.8 Å². The summed E-state index contributed by atoms with van der Waals surface area (Å²) in [4.78, 5) is 30.3. The van der Waals surface area contributed by atoms with Crippen molar-refractivity contribution < 1.29 is 33.1 Å². The first kappa shape index (κ1) is 36.1. The molecule has 3 rings (SSSR count). The Labute approximate surface area is 270 Å². The lowest BCUT2D eigenvalue weighted by molar-refractivity contribution is -0.125. The maximum absolute atomic E-state index is 13.7. The molecule has 1 aromatic heterocycles.